The average Bonchev–Trinajstić information content (AvgIpc) is 2.62. The van der Waals surface area contributed by atoms with Crippen LogP contribution in [0.25, 0.3) is 0 Å². The summed E-state index contributed by atoms with van der Waals surface area (Å²) < 4.78 is 10.9. The number of carbonyl (C=O) groups is 2. The van der Waals surface area contributed by atoms with Gasteiger partial charge in [-0.2, -0.15) is 0 Å². The molecule has 1 amide bonds. The number of aliphatic hydroxyl groups is 1. The van der Waals surface area contributed by atoms with Gasteiger partial charge >= 0.3 is 12.1 Å². The Morgan fingerprint density at radius 3 is 2.00 bits per heavy atom. The number of hydrogen-bond acceptors (Lipinski definition) is 5. The number of carbonyl (C=O) groups excluding carboxylic acids is 2. The summed E-state index contributed by atoms with van der Waals surface area (Å²) in [6.45, 7) is 14.8. The first-order chi connectivity index (χ1) is 10.7. The van der Waals surface area contributed by atoms with Crippen molar-refractivity contribution in [2.75, 3.05) is 6.54 Å². The topological polar surface area (TPSA) is 76.1 Å². The highest BCUT2D eigenvalue weighted by atomic mass is 16.6. The van der Waals surface area contributed by atoms with E-state index in [0.29, 0.717) is 6.42 Å². The van der Waals surface area contributed by atoms with Crippen LogP contribution in [-0.4, -0.2) is 52.0 Å². The summed E-state index contributed by atoms with van der Waals surface area (Å²) in [6, 6.07) is -0.823. The summed E-state index contributed by atoms with van der Waals surface area (Å²) in [4.78, 5) is 26.5. The first-order valence-electron chi connectivity index (χ1n) is 8.62. The van der Waals surface area contributed by atoms with E-state index in [1.165, 1.54) is 4.90 Å². The van der Waals surface area contributed by atoms with Crippen molar-refractivity contribution in [2.45, 2.75) is 85.2 Å². The van der Waals surface area contributed by atoms with Crippen molar-refractivity contribution in [1.82, 2.24) is 4.90 Å². The number of ether oxygens (including phenoxy) is 2. The molecule has 1 N–H and O–H groups in total. The lowest BCUT2D eigenvalue weighted by atomic mass is 9.89. The van der Waals surface area contributed by atoms with E-state index in [1.807, 2.05) is 13.8 Å². The lowest BCUT2D eigenvalue weighted by Crippen LogP contribution is -2.48. The molecule has 0 aromatic carbocycles. The van der Waals surface area contributed by atoms with E-state index in [0.717, 1.165) is 0 Å². The molecule has 0 aromatic heterocycles. The van der Waals surface area contributed by atoms with Gasteiger partial charge in [-0.05, 0) is 53.9 Å². The fraction of sp³-hybridized carbons (Fsp3) is 0.889. The van der Waals surface area contributed by atoms with Crippen LogP contribution < -0.4 is 0 Å². The predicted molar refractivity (Wildman–Crippen MR) is 91.5 cm³/mol. The van der Waals surface area contributed by atoms with Crippen molar-refractivity contribution in [3.05, 3.63) is 0 Å². The van der Waals surface area contributed by atoms with Crippen LogP contribution in [0.2, 0.25) is 0 Å². The van der Waals surface area contributed by atoms with Gasteiger partial charge < -0.3 is 14.6 Å². The zero-order valence-corrected chi connectivity index (χ0v) is 16.3. The van der Waals surface area contributed by atoms with Crippen LogP contribution in [0.3, 0.4) is 0 Å². The van der Waals surface area contributed by atoms with Gasteiger partial charge in [-0.15, -0.1) is 0 Å². The quantitative estimate of drug-likeness (QED) is 0.797. The highest BCUT2D eigenvalue weighted by molar-refractivity contribution is 5.83. The van der Waals surface area contributed by atoms with E-state index in [1.54, 1.807) is 41.5 Å². The molecule has 1 fully saturated rings. The Kier molecular flexibility index (Phi) is 6.31. The van der Waals surface area contributed by atoms with Crippen LogP contribution in [-0.2, 0) is 14.3 Å². The molecule has 24 heavy (non-hydrogen) atoms. The second-order valence-corrected chi connectivity index (χ2v) is 8.97. The van der Waals surface area contributed by atoms with E-state index in [4.69, 9.17) is 9.47 Å². The van der Waals surface area contributed by atoms with E-state index in [-0.39, 0.29) is 18.4 Å². The van der Waals surface area contributed by atoms with Gasteiger partial charge in [0.15, 0.2) is 0 Å². The van der Waals surface area contributed by atoms with E-state index >= 15 is 0 Å². The van der Waals surface area contributed by atoms with Crippen molar-refractivity contribution in [1.29, 1.82) is 0 Å². The Hall–Kier alpha value is -1.30. The lowest BCUT2D eigenvalue weighted by Gasteiger charge is -2.31. The van der Waals surface area contributed by atoms with Crippen LogP contribution in [0.1, 0.15) is 61.8 Å². The minimum absolute atomic E-state index is 0.0796. The van der Waals surface area contributed by atoms with Crippen molar-refractivity contribution >= 4 is 12.1 Å². The molecular formula is C18H33NO5. The smallest absolute Gasteiger partial charge is 0.411 e. The van der Waals surface area contributed by atoms with Gasteiger partial charge in [0.2, 0.25) is 0 Å². The third kappa shape index (κ3) is 5.96. The molecule has 0 aromatic rings. The molecule has 0 bridgehead atoms. The third-order valence-corrected chi connectivity index (χ3v) is 3.64. The van der Waals surface area contributed by atoms with Crippen molar-refractivity contribution in [3.63, 3.8) is 0 Å². The summed E-state index contributed by atoms with van der Waals surface area (Å²) in [5.41, 5.74) is -1.33. The van der Waals surface area contributed by atoms with Crippen molar-refractivity contribution in [2.24, 2.45) is 11.8 Å². The molecule has 1 heterocycles. The number of likely N-dealkylation sites (tertiary alicyclic amines) is 1. The molecule has 1 rings (SSSR count). The van der Waals surface area contributed by atoms with Gasteiger partial charge in [-0.1, -0.05) is 13.8 Å². The third-order valence-electron chi connectivity index (χ3n) is 3.64. The van der Waals surface area contributed by atoms with Crippen LogP contribution >= 0.6 is 0 Å². The molecular weight excluding hydrogens is 310 g/mol. The maximum atomic E-state index is 12.7. The fourth-order valence-electron chi connectivity index (χ4n) is 2.90. The molecule has 3 atom stereocenters. The monoisotopic (exact) mass is 343 g/mol. The zero-order chi connectivity index (χ0) is 18.9. The maximum Gasteiger partial charge on any atom is 0.411 e. The summed E-state index contributed by atoms with van der Waals surface area (Å²) in [7, 11) is 0. The Morgan fingerprint density at radius 1 is 1.08 bits per heavy atom. The second-order valence-electron chi connectivity index (χ2n) is 8.97. The number of esters is 1. The lowest BCUT2D eigenvalue weighted by molar-refractivity contribution is -0.162. The number of aliphatic hydroxyl groups excluding tert-OH is 1. The highest BCUT2D eigenvalue weighted by Crippen LogP contribution is 2.33. The summed E-state index contributed by atoms with van der Waals surface area (Å²) >= 11 is 0. The number of hydrogen-bond donors (Lipinski definition) is 1. The van der Waals surface area contributed by atoms with Gasteiger partial charge in [0.25, 0.3) is 0 Å². The van der Waals surface area contributed by atoms with Crippen molar-refractivity contribution in [3.8, 4) is 0 Å². The Balaban J connectivity index is 3.07. The van der Waals surface area contributed by atoms with E-state index in [9.17, 15) is 14.7 Å². The first kappa shape index (κ1) is 20.7. The first-order valence-corrected chi connectivity index (χ1v) is 8.62. The van der Waals surface area contributed by atoms with E-state index < -0.39 is 35.4 Å². The average molecular weight is 343 g/mol. The fourth-order valence-corrected chi connectivity index (χ4v) is 2.90. The van der Waals surface area contributed by atoms with Crippen LogP contribution in [0.5, 0.6) is 0 Å². The molecule has 1 aliphatic heterocycles. The predicted octanol–water partition coefficient (Wildman–Crippen LogP) is 2.97. The number of amides is 1. The van der Waals surface area contributed by atoms with Crippen LogP contribution in [0.15, 0.2) is 0 Å². The summed E-state index contributed by atoms with van der Waals surface area (Å²) in [6.07, 6.45) is -0.731. The number of nitrogens with zero attached hydrogens (tertiary/aromatic N) is 1. The summed E-state index contributed by atoms with van der Waals surface area (Å²) in [5.74, 6) is -0.559. The van der Waals surface area contributed by atoms with Gasteiger partial charge in [0, 0.05) is 5.92 Å². The molecule has 0 spiro atoms. The molecule has 1 aliphatic rings. The Bertz CT molecular complexity index is 461. The molecule has 6 nitrogen and oxygen atoms in total. The number of β-amino-alcohol motifs (C(OH)–C–C–N with tert-alkyl or cyclic N) is 1. The molecule has 3 unspecified atom stereocenters. The normalized spacial score (nSPS) is 25.1. The molecule has 0 radical (unpaired) electrons. The highest BCUT2D eigenvalue weighted by Gasteiger charge is 2.49. The second kappa shape index (κ2) is 7.30. The minimum Gasteiger partial charge on any atom is -0.458 e. The molecule has 140 valence electrons. The van der Waals surface area contributed by atoms with Gasteiger partial charge in [0.05, 0.1) is 12.6 Å². The molecule has 6 heteroatoms. The maximum absolute atomic E-state index is 12.7. The van der Waals surface area contributed by atoms with Gasteiger partial charge in [-0.25, -0.2) is 9.59 Å². The minimum atomic E-state index is -0.823. The van der Waals surface area contributed by atoms with Gasteiger partial charge in [0.1, 0.15) is 17.2 Å². The van der Waals surface area contributed by atoms with E-state index in [2.05, 4.69) is 0 Å². The Labute approximate surface area is 145 Å². The van der Waals surface area contributed by atoms with Crippen molar-refractivity contribution < 1.29 is 24.2 Å². The number of rotatable bonds is 3. The molecule has 0 aliphatic carbocycles. The van der Waals surface area contributed by atoms with Gasteiger partial charge in [-0.3, -0.25) is 4.90 Å². The van der Waals surface area contributed by atoms with Crippen LogP contribution in [0, 0.1) is 11.8 Å². The van der Waals surface area contributed by atoms with Crippen LogP contribution in [0.4, 0.5) is 4.79 Å². The molecule has 1 saturated heterocycles. The summed E-state index contributed by atoms with van der Waals surface area (Å²) in [5, 5.41) is 10.4. The largest absolute Gasteiger partial charge is 0.458 e. The standard InChI is InChI=1S/C18H33NO5/c1-11(2)9-12-13(20)10-19(16(22)24-18(6,7)8)14(12)15(21)23-17(3,4)5/h11-14,20H,9-10H2,1-8H3. The zero-order valence-electron chi connectivity index (χ0n) is 16.3. The molecule has 0 saturated carbocycles. The Morgan fingerprint density at radius 2 is 1.58 bits per heavy atom. The SMILES string of the molecule is CC(C)CC1C(O)CN(C(=O)OC(C)(C)C)C1C(=O)OC(C)(C)C.